The number of nitrogens with two attached hydrogens (primary N) is 1. The lowest BCUT2D eigenvalue weighted by atomic mass is 9.96. The van der Waals surface area contributed by atoms with Crippen molar-refractivity contribution in [2.75, 3.05) is 6.61 Å². The molecule has 13 heavy (non-hydrogen) atoms. The second-order valence-electron chi connectivity index (χ2n) is 3.07. The van der Waals surface area contributed by atoms with E-state index >= 15 is 0 Å². The van der Waals surface area contributed by atoms with Crippen molar-refractivity contribution in [3.63, 3.8) is 0 Å². The van der Waals surface area contributed by atoms with Crippen LogP contribution in [0.15, 0.2) is 16.7 Å². The van der Waals surface area contributed by atoms with Crippen molar-refractivity contribution < 1.29 is 5.11 Å². The average Bonchev–Trinajstić information content (AvgIpc) is 2.09. The fourth-order valence-electron chi connectivity index (χ4n) is 0.825. The van der Waals surface area contributed by atoms with Crippen molar-refractivity contribution in [2.45, 2.75) is 12.5 Å². The minimum atomic E-state index is -0.778. The molecule has 0 amide bonds. The van der Waals surface area contributed by atoms with Gasteiger partial charge in [0.25, 0.3) is 0 Å². The summed E-state index contributed by atoms with van der Waals surface area (Å²) in [5.41, 5.74) is 5.77. The first-order valence-electron chi connectivity index (χ1n) is 3.68. The van der Waals surface area contributed by atoms with Crippen molar-refractivity contribution in [1.82, 2.24) is 4.98 Å². The molecule has 0 saturated carbocycles. The van der Waals surface area contributed by atoms with Gasteiger partial charge in [-0.2, -0.15) is 0 Å². The second kappa shape index (κ2) is 3.92. The van der Waals surface area contributed by atoms with Gasteiger partial charge >= 0.3 is 0 Å². The number of pyridine rings is 1. The fourth-order valence-corrected chi connectivity index (χ4v) is 1.28. The third-order valence-corrected chi connectivity index (χ3v) is 2.92. The number of aliphatic hydroxyl groups excluding tert-OH is 1. The standard InChI is InChI=1S/C8H10BrClN2O/c1-8(11,4-13)5-2-6(9)7(10)12-3-5/h2-3,13H,4,11H2,1H3/t8-/m1/s1. The van der Waals surface area contributed by atoms with Gasteiger partial charge in [0.15, 0.2) is 0 Å². The van der Waals surface area contributed by atoms with E-state index in [-0.39, 0.29) is 6.61 Å². The molecular weight excluding hydrogens is 255 g/mol. The van der Waals surface area contributed by atoms with Crippen molar-refractivity contribution in [1.29, 1.82) is 0 Å². The predicted octanol–water partition coefficient (Wildman–Crippen LogP) is 1.66. The van der Waals surface area contributed by atoms with Gasteiger partial charge in [-0.15, -0.1) is 0 Å². The van der Waals surface area contributed by atoms with E-state index in [1.165, 1.54) is 0 Å². The van der Waals surface area contributed by atoms with Gasteiger partial charge in [0.05, 0.1) is 16.6 Å². The summed E-state index contributed by atoms with van der Waals surface area (Å²) in [5.74, 6) is 0. The molecule has 0 saturated heterocycles. The Morgan fingerprint density at radius 3 is 2.85 bits per heavy atom. The topological polar surface area (TPSA) is 59.1 Å². The maximum Gasteiger partial charge on any atom is 0.143 e. The Kier molecular flexibility index (Phi) is 3.29. The maximum absolute atomic E-state index is 9.01. The summed E-state index contributed by atoms with van der Waals surface area (Å²) in [6.45, 7) is 1.59. The molecule has 0 spiro atoms. The second-order valence-corrected chi connectivity index (χ2v) is 4.28. The van der Waals surface area contributed by atoms with Crippen LogP contribution in [-0.4, -0.2) is 16.7 Å². The quantitative estimate of drug-likeness (QED) is 0.800. The van der Waals surface area contributed by atoms with Crippen molar-refractivity contribution in [2.24, 2.45) is 5.73 Å². The Morgan fingerprint density at radius 2 is 2.38 bits per heavy atom. The Hall–Kier alpha value is -0.160. The summed E-state index contributed by atoms with van der Waals surface area (Å²) in [6.07, 6.45) is 1.56. The average molecular weight is 266 g/mol. The summed E-state index contributed by atoms with van der Waals surface area (Å²) >= 11 is 8.95. The molecule has 0 aliphatic carbocycles. The molecule has 72 valence electrons. The molecule has 0 aliphatic heterocycles. The van der Waals surface area contributed by atoms with Gasteiger partial charge in [0.2, 0.25) is 0 Å². The number of nitrogens with zero attached hydrogens (tertiary/aromatic N) is 1. The van der Waals surface area contributed by atoms with E-state index in [9.17, 15) is 0 Å². The number of hydrogen-bond acceptors (Lipinski definition) is 3. The number of hydrogen-bond donors (Lipinski definition) is 2. The molecule has 0 fully saturated rings. The molecule has 1 atom stereocenters. The van der Waals surface area contributed by atoms with Crippen LogP contribution in [0, 0.1) is 0 Å². The van der Waals surface area contributed by atoms with Crippen LogP contribution in [0.5, 0.6) is 0 Å². The number of halogens is 2. The fraction of sp³-hybridized carbons (Fsp3) is 0.375. The Morgan fingerprint density at radius 1 is 1.77 bits per heavy atom. The zero-order valence-electron chi connectivity index (χ0n) is 7.09. The largest absolute Gasteiger partial charge is 0.394 e. The van der Waals surface area contributed by atoms with E-state index in [0.717, 1.165) is 5.56 Å². The van der Waals surface area contributed by atoms with Crippen LogP contribution in [0.3, 0.4) is 0 Å². The zero-order chi connectivity index (χ0) is 10.1. The highest BCUT2D eigenvalue weighted by Gasteiger charge is 2.21. The maximum atomic E-state index is 9.01. The lowest BCUT2D eigenvalue weighted by Gasteiger charge is -2.21. The minimum absolute atomic E-state index is 0.136. The van der Waals surface area contributed by atoms with E-state index in [1.54, 1.807) is 19.2 Å². The van der Waals surface area contributed by atoms with E-state index in [2.05, 4.69) is 20.9 Å². The van der Waals surface area contributed by atoms with Crippen LogP contribution < -0.4 is 5.73 Å². The van der Waals surface area contributed by atoms with Gasteiger partial charge in [0, 0.05) is 6.20 Å². The Balaban J connectivity index is 3.10. The number of aliphatic hydroxyl groups is 1. The van der Waals surface area contributed by atoms with Gasteiger partial charge in [-0.05, 0) is 34.5 Å². The normalized spacial score (nSPS) is 15.5. The lowest BCUT2D eigenvalue weighted by molar-refractivity contribution is 0.209. The molecule has 0 unspecified atom stereocenters. The van der Waals surface area contributed by atoms with E-state index in [0.29, 0.717) is 9.63 Å². The van der Waals surface area contributed by atoms with Crippen molar-refractivity contribution in [3.8, 4) is 0 Å². The summed E-state index contributed by atoms with van der Waals surface area (Å²) in [7, 11) is 0. The first-order chi connectivity index (χ1) is 5.97. The van der Waals surface area contributed by atoms with Crippen LogP contribution in [0.25, 0.3) is 0 Å². The van der Waals surface area contributed by atoms with Crippen LogP contribution in [0.4, 0.5) is 0 Å². The van der Waals surface area contributed by atoms with Crippen LogP contribution >= 0.6 is 27.5 Å². The zero-order valence-corrected chi connectivity index (χ0v) is 9.43. The predicted molar refractivity (Wildman–Crippen MR) is 55.6 cm³/mol. The first-order valence-corrected chi connectivity index (χ1v) is 4.86. The number of rotatable bonds is 2. The van der Waals surface area contributed by atoms with Crippen LogP contribution in [0.2, 0.25) is 5.15 Å². The highest BCUT2D eigenvalue weighted by atomic mass is 79.9. The summed E-state index contributed by atoms with van der Waals surface area (Å²) < 4.78 is 0.678. The third kappa shape index (κ3) is 2.40. The third-order valence-electron chi connectivity index (χ3n) is 1.78. The molecule has 3 nitrogen and oxygen atoms in total. The van der Waals surface area contributed by atoms with Crippen molar-refractivity contribution in [3.05, 3.63) is 27.5 Å². The van der Waals surface area contributed by atoms with Gasteiger partial charge < -0.3 is 10.8 Å². The van der Waals surface area contributed by atoms with Crippen LogP contribution in [0.1, 0.15) is 12.5 Å². The molecule has 3 N–H and O–H groups in total. The van der Waals surface area contributed by atoms with Crippen LogP contribution in [-0.2, 0) is 5.54 Å². The SMILES string of the molecule is C[C@@](N)(CO)c1cnc(Cl)c(Br)c1. The molecule has 0 radical (unpaired) electrons. The van der Waals surface area contributed by atoms with Gasteiger partial charge in [-0.3, -0.25) is 0 Å². The number of aromatic nitrogens is 1. The smallest absolute Gasteiger partial charge is 0.143 e. The van der Waals surface area contributed by atoms with Gasteiger partial charge in [-0.1, -0.05) is 11.6 Å². The first kappa shape index (κ1) is 10.9. The van der Waals surface area contributed by atoms with Gasteiger partial charge in [0.1, 0.15) is 5.15 Å². The molecule has 0 aromatic carbocycles. The molecule has 1 heterocycles. The Bertz CT molecular complexity index is 317. The Labute approximate surface area is 90.1 Å². The van der Waals surface area contributed by atoms with Crippen molar-refractivity contribution >= 4 is 27.5 Å². The molecule has 1 aromatic heterocycles. The van der Waals surface area contributed by atoms with E-state index in [4.69, 9.17) is 22.4 Å². The van der Waals surface area contributed by atoms with E-state index < -0.39 is 5.54 Å². The van der Waals surface area contributed by atoms with Gasteiger partial charge in [-0.25, -0.2) is 4.98 Å². The molecule has 1 rings (SSSR count). The highest BCUT2D eigenvalue weighted by molar-refractivity contribution is 9.10. The molecule has 0 aliphatic rings. The molecule has 5 heteroatoms. The minimum Gasteiger partial charge on any atom is -0.394 e. The molecule has 0 bridgehead atoms. The molecular formula is C8H10BrClN2O. The summed E-state index contributed by atoms with van der Waals surface area (Å²) in [4.78, 5) is 3.92. The molecule has 1 aromatic rings. The monoisotopic (exact) mass is 264 g/mol. The lowest BCUT2D eigenvalue weighted by Crippen LogP contribution is -2.37. The highest BCUT2D eigenvalue weighted by Crippen LogP contribution is 2.25. The van der Waals surface area contributed by atoms with E-state index in [1.807, 2.05) is 0 Å². The summed E-state index contributed by atoms with van der Waals surface area (Å²) in [6, 6.07) is 1.76. The summed E-state index contributed by atoms with van der Waals surface area (Å²) in [5, 5.41) is 9.39.